The van der Waals surface area contributed by atoms with E-state index in [4.69, 9.17) is 4.74 Å². The first-order valence-corrected chi connectivity index (χ1v) is 22.7. The van der Waals surface area contributed by atoms with Gasteiger partial charge in [-0.1, -0.05) is 131 Å². The lowest BCUT2D eigenvalue weighted by molar-refractivity contribution is -0.235. The summed E-state index contributed by atoms with van der Waals surface area (Å²) >= 11 is 0. The molecule has 7 aromatic rings. The van der Waals surface area contributed by atoms with Gasteiger partial charge >= 0.3 is 0 Å². The lowest BCUT2D eigenvalue weighted by Crippen LogP contribution is -2.74. The molecular formula is C58H53NO. The summed E-state index contributed by atoms with van der Waals surface area (Å²) in [4.78, 5) is 2.51. The topological polar surface area (TPSA) is 12.5 Å². The van der Waals surface area contributed by atoms with Crippen LogP contribution in [0.15, 0.2) is 152 Å². The van der Waals surface area contributed by atoms with Gasteiger partial charge in [-0.25, -0.2) is 0 Å². The van der Waals surface area contributed by atoms with Gasteiger partial charge < -0.3 is 9.64 Å². The number of nitrogens with zero attached hydrogens (tertiary/aromatic N) is 1. The highest BCUT2D eigenvalue weighted by Crippen LogP contribution is 2.89. The maximum atomic E-state index is 6.88. The number of hydrogen-bond donors (Lipinski definition) is 0. The monoisotopic (exact) mass is 779 g/mol. The molecule has 0 saturated heterocycles. The maximum Gasteiger partial charge on any atom is 0.131 e. The second-order valence-corrected chi connectivity index (χ2v) is 20.8. The van der Waals surface area contributed by atoms with Crippen molar-refractivity contribution in [2.24, 2.45) is 29.1 Å². The molecule has 6 unspecified atom stereocenters. The van der Waals surface area contributed by atoms with E-state index in [1.54, 1.807) is 0 Å². The molecule has 4 saturated carbocycles. The first-order valence-electron chi connectivity index (χ1n) is 22.7. The van der Waals surface area contributed by atoms with Crippen molar-refractivity contribution in [2.75, 3.05) is 4.90 Å². The molecule has 2 spiro atoms. The summed E-state index contributed by atoms with van der Waals surface area (Å²) in [6.45, 7) is 9.70. The molecule has 1 aliphatic heterocycles. The number of para-hydroxylation sites is 1. The van der Waals surface area contributed by atoms with Crippen molar-refractivity contribution in [1.29, 1.82) is 0 Å². The number of anilines is 3. The predicted octanol–water partition coefficient (Wildman–Crippen LogP) is 15.5. The zero-order valence-corrected chi connectivity index (χ0v) is 35.3. The van der Waals surface area contributed by atoms with Crippen LogP contribution in [0.5, 0.6) is 11.5 Å². The van der Waals surface area contributed by atoms with Gasteiger partial charge in [-0.15, -0.1) is 0 Å². The SMILES string of the molecule is CC1(C)CCC(C)(C)c2cc(-c3cccc(N(c4ccc(-c5cccc6ccccc56)cc4)c4ccc5c(c4)C4(c6ccccc6O5)C5CC6CC7CC4C75C6)c3)ccc21. The number of benzene rings is 7. The molecule has 2 nitrogen and oxygen atoms in total. The van der Waals surface area contributed by atoms with Crippen LogP contribution in [0.3, 0.4) is 0 Å². The van der Waals surface area contributed by atoms with Crippen LogP contribution < -0.4 is 9.64 Å². The Bertz CT molecular complexity index is 2910. The van der Waals surface area contributed by atoms with Crippen LogP contribution in [0.25, 0.3) is 33.0 Å². The molecule has 60 heavy (non-hydrogen) atoms. The van der Waals surface area contributed by atoms with E-state index in [-0.39, 0.29) is 16.2 Å². The molecule has 2 bridgehead atoms. The fourth-order valence-electron chi connectivity index (χ4n) is 14.5. The molecular weight excluding hydrogens is 727 g/mol. The fourth-order valence-corrected chi connectivity index (χ4v) is 14.5. The molecule has 6 aliphatic rings. The highest BCUT2D eigenvalue weighted by molar-refractivity contribution is 5.97. The first-order chi connectivity index (χ1) is 29.1. The Labute approximate surface area is 355 Å². The Morgan fingerprint density at radius 1 is 0.500 bits per heavy atom. The van der Waals surface area contributed by atoms with Crippen LogP contribution >= 0.6 is 0 Å². The summed E-state index contributed by atoms with van der Waals surface area (Å²) in [6.07, 6.45) is 8.07. The molecule has 0 N–H and O–H groups in total. The second-order valence-electron chi connectivity index (χ2n) is 20.8. The summed E-state index contributed by atoms with van der Waals surface area (Å²) in [5.74, 6) is 5.34. The van der Waals surface area contributed by atoms with Gasteiger partial charge in [0.2, 0.25) is 0 Å². The summed E-state index contributed by atoms with van der Waals surface area (Å²) in [5.41, 5.74) is 15.3. The normalized spacial score (nSPS) is 27.8. The Morgan fingerprint density at radius 3 is 2.05 bits per heavy atom. The number of rotatable bonds is 5. The van der Waals surface area contributed by atoms with Crippen molar-refractivity contribution in [1.82, 2.24) is 0 Å². The zero-order chi connectivity index (χ0) is 40.2. The largest absolute Gasteiger partial charge is 0.457 e. The van der Waals surface area contributed by atoms with Crippen molar-refractivity contribution in [2.45, 2.75) is 82.5 Å². The van der Waals surface area contributed by atoms with Crippen LogP contribution in [0.1, 0.15) is 88.5 Å². The first kappa shape index (κ1) is 35.2. The third kappa shape index (κ3) is 4.55. The average molecular weight is 780 g/mol. The molecule has 6 atom stereocenters. The van der Waals surface area contributed by atoms with E-state index < -0.39 is 0 Å². The van der Waals surface area contributed by atoms with Gasteiger partial charge in [0, 0.05) is 33.6 Å². The minimum atomic E-state index is 0.0152. The molecule has 13 rings (SSSR count). The van der Waals surface area contributed by atoms with Crippen molar-refractivity contribution >= 4 is 27.8 Å². The smallest absolute Gasteiger partial charge is 0.131 e. The van der Waals surface area contributed by atoms with E-state index in [0.29, 0.717) is 17.3 Å². The predicted molar refractivity (Wildman–Crippen MR) is 247 cm³/mol. The van der Waals surface area contributed by atoms with Gasteiger partial charge in [-0.05, 0) is 171 Å². The third-order valence-corrected chi connectivity index (χ3v) is 17.2. The van der Waals surface area contributed by atoms with Gasteiger partial charge in [0.1, 0.15) is 11.5 Å². The second kappa shape index (κ2) is 12.0. The van der Waals surface area contributed by atoms with E-state index in [1.807, 2.05) is 0 Å². The van der Waals surface area contributed by atoms with Crippen molar-refractivity contribution in [3.05, 3.63) is 174 Å². The summed E-state index contributed by atoms with van der Waals surface area (Å²) in [6, 6.07) is 57.5. The van der Waals surface area contributed by atoms with Gasteiger partial charge in [-0.2, -0.15) is 0 Å². The van der Waals surface area contributed by atoms with E-state index >= 15 is 0 Å². The maximum absolute atomic E-state index is 6.88. The van der Waals surface area contributed by atoms with Gasteiger partial charge in [-0.3, -0.25) is 0 Å². The lowest BCUT2D eigenvalue weighted by Gasteiger charge is -2.77. The Hall–Kier alpha value is -5.60. The lowest BCUT2D eigenvalue weighted by atomic mass is 9.26. The van der Waals surface area contributed by atoms with Crippen LogP contribution in [-0.4, -0.2) is 0 Å². The minimum Gasteiger partial charge on any atom is -0.457 e. The molecule has 0 amide bonds. The highest BCUT2D eigenvalue weighted by atomic mass is 16.5. The van der Waals surface area contributed by atoms with Crippen molar-refractivity contribution in [3.8, 4) is 33.8 Å². The highest BCUT2D eigenvalue weighted by Gasteiger charge is 2.84. The minimum absolute atomic E-state index is 0.0152. The van der Waals surface area contributed by atoms with Gasteiger partial charge in [0.05, 0.1) is 0 Å². The Morgan fingerprint density at radius 2 is 1.18 bits per heavy atom. The van der Waals surface area contributed by atoms with E-state index in [1.165, 1.54) is 105 Å². The molecule has 2 heteroatoms. The molecule has 5 aliphatic carbocycles. The van der Waals surface area contributed by atoms with E-state index in [2.05, 4.69) is 184 Å². The van der Waals surface area contributed by atoms with Crippen LogP contribution in [0.4, 0.5) is 17.1 Å². The Kier molecular flexibility index (Phi) is 7.05. The van der Waals surface area contributed by atoms with Crippen LogP contribution in [0.2, 0.25) is 0 Å². The number of hydrogen-bond acceptors (Lipinski definition) is 2. The van der Waals surface area contributed by atoms with Gasteiger partial charge in [0.15, 0.2) is 0 Å². The molecule has 4 fully saturated rings. The summed E-state index contributed by atoms with van der Waals surface area (Å²) in [5, 5.41) is 2.55. The molecule has 1 heterocycles. The quantitative estimate of drug-likeness (QED) is 0.173. The molecule has 0 aromatic heterocycles. The Balaban J connectivity index is 0.971. The standard InChI is InChI=1S/C58H53NO/c1-55(2)27-28-56(3,4)49-32-40(21-25-47(49)55)39-13-9-14-43(31-39)59(42-22-19-38(20-23-42)46-16-10-12-37-11-5-6-15-45(37)46)44-24-26-52-50(34-44)58(48-17-7-8-18-51(48)60-52)53-30-36-29-41-33-54(58)57(41,53)35-36/h5-26,31-32,34,36,41,53-54H,27-30,33,35H2,1-4H3. The summed E-state index contributed by atoms with van der Waals surface area (Å²) < 4.78 is 6.88. The van der Waals surface area contributed by atoms with Crippen LogP contribution in [-0.2, 0) is 16.2 Å². The molecule has 0 radical (unpaired) electrons. The number of ether oxygens (including phenoxy) is 1. The van der Waals surface area contributed by atoms with Crippen molar-refractivity contribution < 1.29 is 4.74 Å². The molecule has 7 aromatic carbocycles. The van der Waals surface area contributed by atoms with Crippen LogP contribution in [0, 0.1) is 29.1 Å². The average Bonchev–Trinajstić information content (AvgIpc) is 3.81. The zero-order valence-electron chi connectivity index (χ0n) is 35.3. The molecule has 296 valence electrons. The third-order valence-electron chi connectivity index (χ3n) is 17.2. The van der Waals surface area contributed by atoms with E-state index in [9.17, 15) is 0 Å². The fraction of sp³-hybridized carbons (Fsp3) is 0.310. The van der Waals surface area contributed by atoms with Crippen molar-refractivity contribution in [3.63, 3.8) is 0 Å². The van der Waals surface area contributed by atoms with Gasteiger partial charge in [0.25, 0.3) is 0 Å². The summed E-state index contributed by atoms with van der Waals surface area (Å²) in [7, 11) is 0. The van der Waals surface area contributed by atoms with E-state index in [0.717, 1.165) is 29.0 Å². The number of fused-ring (bicyclic) bond motifs is 9.